The Kier molecular flexibility index (Phi) is 7.10. The fourth-order valence-electron chi connectivity index (χ4n) is 4.32. The van der Waals surface area contributed by atoms with Gasteiger partial charge >= 0.3 is 5.97 Å². The van der Waals surface area contributed by atoms with E-state index in [2.05, 4.69) is 20.6 Å². The molecule has 9 heteroatoms. The predicted molar refractivity (Wildman–Crippen MR) is 137 cm³/mol. The summed E-state index contributed by atoms with van der Waals surface area (Å²) in [6, 6.07) is 10.1. The van der Waals surface area contributed by atoms with Crippen LogP contribution in [0.15, 0.2) is 42.6 Å². The Bertz CT molecular complexity index is 1280. The molecule has 2 aromatic heterocycles. The lowest BCUT2D eigenvalue weighted by molar-refractivity contribution is -0.156. The van der Waals surface area contributed by atoms with Crippen molar-refractivity contribution in [3.8, 4) is 0 Å². The molecule has 2 atom stereocenters. The molecular formula is C27H32FN5O3. The quantitative estimate of drug-likeness (QED) is 0.352. The van der Waals surface area contributed by atoms with Crippen LogP contribution in [-0.4, -0.2) is 33.5 Å². The number of carbonyl (C=O) groups is 2. The van der Waals surface area contributed by atoms with Gasteiger partial charge in [0, 0.05) is 23.3 Å². The minimum absolute atomic E-state index is 0.00574. The summed E-state index contributed by atoms with van der Waals surface area (Å²) >= 11 is 0. The lowest BCUT2D eigenvalue weighted by Crippen LogP contribution is -2.34. The van der Waals surface area contributed by atoms with E-state index >= 15 is 4.39 Å². The zero-order valence-corrected chi connectivity index (χ0v) is 21.0. The first-order valence-corrected chi connectivity index (χ1v) is 12.1. The monoisotopic (exact) mass is 493 g/mol. The molecular weight excluding hydrogens is 461 g/mol. The van der Waals surface area contributed by atoms with E-state index in [0.29, 0.717) is 11.6 Å². The first-order chi connectivity index (χ1) is 17.0. The van der Waals surface area contributed by atoms with Crippen LogP contribution in [0.2, 0.25) is 0 Å². The molecule has 190 valence electrons. The number of esters is 1. The number of anilines is 3. The van der Waals surface area contributed by atoms with Crippen LogP contribution in [0.1, 0.15) is 57.3 Å². The summed E-state index contributed by atoms with van der Waals surface area (Å²) in [6.07, 6.45) is 3.84. The third kappa shape index (κ3) is 6.08. The first kappa shape index (κ1) is 25.3. The van der Waals surface area contributed by atoms with Gasteiger partial charge in [-0.25, -0.2) is 9.37 Å². The van der Waals surface area contributed by atoms with E-state index < -0.39 is 17.3 Å². The van der Waals surface area contributed by atoms with E-state index in [9.17, 15) is 9.59 Å². The first-order valence-electron chi connectivity index (χ1n) is 12.1. The van der Waals surface area contributed by atoms with Crippen LogP contribution >= 0.6 is 0 Å². The number of benzene rings is 1. The molecule has 1 amide bonds. The number of amides is 1. The van der Waals surface area contributed by atoms with Gasteiger partial charge in [0.05, 0.1) is 17.5 Å². The largest absolute Gasteiger partial charge is 0.460 e. The van der Waals surface area contributed by atoms with Crippen LogP contribution in [0.4, 0.5) is 21.7 Å². The van der Waals surface area contributed by atoms with Crippen molar-refractivity contribution >= 4 is 40.1 Å². The minimum atomic E-state index is -0.800. The topological polar surface area (TPSA) is 119 Å². The van der Waals surface area contributed by atoms with Crippen molar-refractivity contribution in [1.82, 2.24) is 9.97 Å². The second-order valence-electron chi connectivity index (χ2n) is 10.4. The van der Waals surface area contributed by atoms with E-state index in [-0.39, 0.29) is 41.5 Å². The average molecular weight is 494 g/mol. The summed E-state index contributed by atoms with van der Waals surface area (Å²) in [5, 5.41) is 7.16. The van der Waals surface area contributed by atoms with Crippen molar-refractivity contribution in [2.24, 2.45) is 17.6 Å². The van der Waals surface area contributed by atoms with Crippen LogP contribution in [0.3, 0.4) is 0 Å². The number of pyridine rings is 2. The molecule has 0 bridgehead atoms. The number of hydrogen-bond donors (Lipinski definition) is 3. The number of rotatable bonds is 9. The van der Waals surface area contributed by atoms with Gasteiger partial charge in [0.15, 0.2) is 11.6 Å². The van der Waals surface area contributed by atoms with Crippen molar-refractivity contribution in [3.63, 3.8) is 0 Å². The molecule has 1 aliphatic rings. The van der Waals surface area contributed by atoms with Gasteiger partial charge < -0.3 is 21.1 Å². The predicted octanol–water partition coefficient (Wildman–Crippen LogP) is 5.17. The van der Waals surface area contributed by atoms with E-state index in [4.69, 9.17) is 10.5 Å². The van der Waals surface area contributed by atoms with Gasteiger partial charge in [-0.15, -0.1) is 0 Å². The van der Waals surface area contributed by atoms with Crippen LogP contribution in [0.5, 0.6) is 0 Å². The summed E-state index contributed by atoms with van der Waals surface area (Å²) in [4.78, 5) is 33.3. The fraction of sp³-hybridized carbons (Fsp3) is 0.407. The molecule has 1 aliphatic carbocycles. The standard InChI is InChI=1S/C27H32FN5O3/c1-15(13-22(34)36-27(2,3)4)23(16-10-11-16)32-26-19(28)14-18(24(29)35)25(33-26)31-21-9-5-8-20-17(21)7-6-12-30-20/h5-9,12,14-16,23H,10-11,13H2,1-4H3,(H2,29,35)(H2,31,32,33)/t15-,23+/m1/s1. The van der Waals surface area contributed by atoms with E-state index in [0.717, 1.165) is 29.8 Å². The Hall–Kier alpha value is -3.75. The van der Waals surface area contributed by atoms with Crippen LogP contribution in [0, 0.1) is 17.7 Å². The molecule has 0 saturated heterocycles. The molecule has 0 spiro atoms. The van der Waals surface area contributed by atoms with Crippen LogP contribution < -0.4 is 16.4 Å². The van der Waals surface area contributed by atoms with Gasteiger partial charge in [0.2, 0.25) is 0 Å². The normalized spacial score (nSPS) is 15.2. The smallest absolute Gasteiger partial charge is 0.306 e. The van der Waals surface area contributed by atoms with Gasteiger partial charge in [-0.2, -0.15) is 0 Å². The maximum atomic E-state index is 15.1. The molecule has 4 rings (SSSR count). The second-order valence-corrected chi connectivity index (χ2v) is 10.4. The molecule has 0 radical (unpaired) electrons. The van der Waals surface area contributed by atoms with E-state index in [1.807, 2.05) is 52.0 Å². The van der Waals surface area contributed by atoms with Gasteiger partial charge in [-0.3, -0.25) is 14.6 Å². The fourth-order valence-corrected chi connectivity index (χ4v) is 4.32. The number of halogens is 1. The number of fused-ring (bicyclic) bond motifs is 1. The number of nitrogens with one attached hydrogen (secondary N) is 2. The van der Waals surface area contributed by atoms with Gasteiger partial charge in [-0.05, 0) is 75.8 Å². The summed E-state index contributed by atoms with van der Waals surface area (Å²) in [5.74, 6) is -1.49. The third-order valence-electron chi connectivity index (χ3n) is 6.10. The highest BCUT2D eigenvalue weighted by atomic mass is 19.1. The highest BCUT2D eigenvalue weighted by Crippen LogP contribution is 2.39. The number of ether oxygens (including phenoxy) is 1. The lowest BCUT2D eigenvalue weighted by Gasteiger charge is -2.27. The van der Waals surface area contributed by atoms with Crippen molar-refractivity contribution in [3.05, 3.63) is 54.0 Å². The van der Waals surface area contributed by atoms with Crippen molar-refractivity contribution in [1.29, 1.82) is 0 Å². The molecule has 4 N–H and O–H groups in total. The van der Waals surface area contributed by atoms with Gasteiger partial charge in [0.1, 0.15) is 11.4 Å². The summed E-state index contributed by atoms with van der Waals surface area (Å²) in [5.41, 5.74) is 6.32. The van der Waals surface area contributed by atoms with E-state index in [1.165, 1.54) is 0 Å². The van der Waals surface area contributed by atoms with E-state index in [1.54, 1.807) is 12.3 Å². The minimum Gasteiger partial charge on any atom is -0.460 e. The molecule has 1 aromatic carbocycles. The number of aromatic nitrogens is 2. The van der Waals surface area contributed by atoms with Gasteiger partial charge in [0.25, 0.3) is 5.91 Å². The van der Waals surface area contributed by atoms with Crippen molar-refractivity contribution < 1.29 is 18.7 Å². The average Bonchev–Trinajstić information content (AvgIpc) is 3.63. The van der Waals surface area contributed by atoms with Crippen LogP contribution in [-0.2, 0) is 9.53 Å². The Morgan fingerprint density at radius 1 is 1.19 bits per heavy atom. The number of nitrogens with two attached hydrogens (primary N) is 1. The highest BCUT2D eigenvalue weighted by Gasteiger charge is 2.37. The third-order valence-corrected chi connectivity index (χ3v) is 6.10. The maximum Gasteiger partial charge on any atom is 0.306 e. The zero-order chi connectivity index (χ0) is 26.0. The Labute approximate surface area is 209 Å². The Morgan fingerprint density at radius 3 is 2.61 bits per heavy atom. The summed E-state index contributed by atoms with van der Waals surface area (Å²) in [6.45, 7) is 7.42. The van der Waals surface area contributed by atoms with Gasteiger partial charge in [-0.1, -0.05) is 13.0 Å². The molecule has 0 unspecified atom stereocenters. The Morgan fingerprint density at radius 2 is 1.94 bits per heavy atom. The molecule has 1 saturated carbocycles. The number of nitrogens with zero attached hydrogens (tertiary/aromatic N) is 2. The molecule has 3 aromatic rings. The van der Waals surface area contributed by atoms with Crippen molar-refractivity contribution in [2.45, 2.75) is 58.6 Å². The number of carbonyl (C=O) groups excluding carboxylic acids is 2. The lowest BCUT2D eigenvalue weighted by atomic mass is 9.94. The second kappa shape index (κ2) is 10.1. The molecule has 0 aliphatic heterocycles. The molecule has 8 nitrogen and oxygen atoms in total. The number of hydrogen-bond acceptors (Lipinski definition) is 7. The maximum absolute atomic E-state index is 15.1. The SMILES string of the molecule is C[C@H](CC(=O)OC(C)(C)C)[C@H](Nc1nc(Nc2cccc3ncccc23)c(C(N)=O)cc1F)C1CC1. The summed E-state index contributed by atoms with van der Waals surface area (Å²) < 4.78 is 20.6. The van der Waals surface area contributed by atoms with Crippen molar-refractivity contribution in [2.75, 3.05) is 10.6 Å². The summed E-state index contributed by atoms with van der Waals surface area (Å²) in [7, 11) is 0. The molecule has 1 fully saturated rings. The molecule has 36 heavy (non-hydrogen) atoms. The Balaban J connectivity index is 1.62. The highest BCUT2D eigenvalue weighted by molar-refractivity contribution is 6.00. The van der Waals surface area contributed by atoms with Crippen LogP contribution in [0.25, 0.3) is 10.9 Å². The zero-order valence-electron chi connectivity index (χ0n) is 21.0. The molecule has 2 heterocycles. The number of primary amides is 1.